The molecule has 0 N–H and O–H groups in total. The summed E-state index contributed by atoms with van der Waals surface area (Å²) in [6.07, 6.45) is 0. The lowest BCUT2D eigenvalue weighted by molar-refractivity contribution is 1.65. The van der Waals surface area contributed by atoms with Crippen molar-refractivity contribution in [2.45, 2.75) is 6.92 Å². The van der Waals surface area contributed by atoms with Crippen LogP contribution in [-0.4, -0.2) is 0 Å². The van der Waals surface area contributed by atoms with E-state index in [9.17, 15) is 0 Å². The fourth-order valence-corrected chi connectivity index (χ4v) is 3.28. The van der Waals surface area contributed by atoms with Gasteiger partial charge in [-0.15, -0.1) is 11.3 Å². The van der Waals surface area contributed by atoms with Crippen LogP contribution >= 0.6 is 45.5 Å². The molecule has 0 aliphatic carbocycles. The van der Waals surface area contributed by atoms with Crippen molar-refractivity contribution in [3.63, 3.8) is 0 Å². The van der Waals surface area contributed by atoms with Crippen LogP contribution in [-0.2, 0) is 0 Å². The lowest BCUT2D eigenvalue weighted by atomic mass is 10.2. The molecule has 1 heterocycles. The first-order chi connectivity index (χ1) is 5.66. The van der Waals surface area contributed by atoms with Crippen molar-refractivity contribution in [1.29, 1.82) is 0 Å². The Morgan fingerprint density at radius 2 is 2.08 bits per heavy atom. The number of aryl methyl sites for hydroxylation is 1. The van der Waals surface area contributed by atoms with E-state index in [1.165, 1.54) is 18.5 Å². The monoisotopic (exact) mass is 308 g/mol. The van der Waals surface area contributed by atoms with Crippen LogP contribution in [0.25, 0.3) is 10.1 Å². The summed E-state index contributed by atoms with van der Waals surface area (Å²) < 4.78 is 2.40. The van der Waals surface area contributed by atoms with Gasteiger partial charge in [0, 0.05) is 8.45 Å². The molecule has 0 aliphatic rings. The Hall–Kier alpha value is 0.200. The summed E-state index contributed by atoms with van der Waals surface area (Å²) >= 11 is 10.1. The largest absolute Gasteiger partial charge is 0.139 e. The van der Waals surface area contributed by atoms with Gasteiger partial charge in [0.25, 0.3) is 0 Å². The zero-order valence-corrected chi connectivity index (χ0v) is 10.1. The van der Waals surface area contributed by atoms with Crippen molar-refractivity contribution in [2.24, 2.45) is 0 Å². The molecule has 0 spiro atoms. The first kappa shape index (κ1) is 8.78. The van der Waals surface area contributed by atoms with Crippen molar-refractivity contribution < 1.29 is 0 Å². The number of rotatable bonds is 0. The topological polar surface area (TPSA) is 0 Å². The smallest absolute Gasteiger partial charge is 0.0594 e. The maximum absolute atomic E-state index is 6.08. The Kier molecular flexibility index (Phi) is 2.31. The van der Waals surface area contributed by atoms with E-state index in [0.29, 0.717) is 0 Å². The molecule has 3 heteroatoms. The van der Waals surface area contributed by atoms with Crippen molar-refractivity contribution in [3.05, 3.63) is 31.7 Å². The van der Waals surface area contributed by atoms with Gasteiger partial charge in [-0.05, 0) is 53.1 Å². The second-order valence-corrected chi connectivity index (χ2v) is 5.57. The molecule has 0 aliphatic heterocycles. The summed E-state index contributed by atoms with van der Waals surface area (Å²) in [5.74, 6) is 0. The van der Waals surface area contributed by atoms with E-state index in [1.54, 1.807) is 11.3 Å². The minimum Gasteiger partial charge on any atom is -0.139 e. The van der Waals surface area contributed by atoms with Crippen LogP contribution in [0, 0.1) is 10.5 Å². The van der Waals surface area contributed by atoms with Crippen LogP contribution in [0.2, 0.25) is 5.02 Å². The average molecular weight is 309 g/mol. The first-order valence-corrected chi connectivity index (χ1v) is 5.79. The molecule has 1 aromatic heterocycles. The Morgan fingerprint density at radius 1 is 1.33 bits per heavy atom. The summed E-state index contributed by atoms with van der Waals surface area (Å²) in [5.41, 5.74) is 0. The highest BCUT2D eigenvalue weighted by atomic mass is 127. The maximum Gasteiger partial charge on any atom is 0.0594 e. The number of fused-ring (bicyclic) bond motifs is 1. The lowest BCUT2D eigenvalue weighted by Crippen LogP contribution is -1.70. The zero-order valence-electron chi connectivity index (χ0n) is 6.40. The quantitative estimate of drug-likeness (QED) is 0.630. The van der Waals surface area contributed by atoms with E-state index < -0.39 is 0 Å². The van der Waals surface area contributed by atoms with Gasteiger partial charge in [-0.2, -0.15) is 0 Å². The van der Waals surface area contributed by atoms with E-state index >= 15 is 0 Å². The third-order valence-electron chi connectivity index (χ3n) is 1.66. The lowest BCUT2D eigenvalue weighted by Gasteiger charge is -1.94. The van der Waals surface area contributed by atoms with Gasteiger partial charge in [-0.3, -0.25) is 0 Å². The standard InChI is InChI=1S/C9H6ClIS/c1-5-2-6-3-7(11)4-8(10)9(6)12-5/h2-4H,1H3. The van der Waals surface area contributed by atoms with Gasteiger partial charge in [0.2, 0.25) is 0 Å². The van der Waals surface area contributed by atoms with E-state index in [2.05, 4.69) is 41.6 Å². The van der Waals surface area contributed by atoms with Crippen LogP contribution in [0.1, 0.15) is 4.88 Å². The molecular weight excluding hydrogens is 303 g/mol. The molecule has 0 saturated heterocycles. The van der Waals surface area contributed by atoms with E-state index in [0.717, 1.165) is 5.02 Å². The SMILES string of the molecule is Cc1cc2cc(I)cc(Cl)c2s1. The molecule has 0 nitrogen and oxygen atoms in total. The molecule has 12 heavy (non-hydrogen) atoms. The minimum absolute atomic E-state index is 0.870. The molecule has 0 saturated carbocycles. The average Bonchev–Trinajstić information content (AvgIpc) is 2.29. The van der Waals surface area contributed by atoms with Gasteiger partial charge in [0.15, 0.2) is 0 Å². The third kappa shape index (κ3) is 1.47. The molecule has 0 radical (unpaired) electrons. The molecule has 0 atom stereocenters. The molecule has 2 aromatic rings. The molecule has 0 fully saturated rings. The Bertz CT molecular complexity index is 433. The van der Waals surface area contributed by atoms with Crippen LogP contribution < -0.4 is 0 Å². The van der Waals surface area contributed by atoms with Crippen LogP contribution in [0.15, 0.2) is 18.2 Å². The van der Waals surface area contributed by atoms with Gasteiger partial charge in [-0.1, -0.05) is 11.6 Å². The number of thiophene rings is 1. The maximum atomic E-state index is 6.08. The van der Waals surface area contributed by atoms with Gasteiger partial charge in [-0.25, -0.2) is 0 Å². The van der Waals surface area contributed by atoms with Gasteiger partial charge < -0.3 is 0 Å². The van der Waals surface area contributed by atoms with Crippen LogP contribution in [0.4, 0.5) is 0 Å². The predicted molar refractivity (Wildman–Crippen MR) is 64.3 cm³/mol. The molecule has 0 bridgehead atoms. The summed E-state index contributed by atoms with van der Waals surface area (Å²) in [6.45, 7) is 2.11. The highest BCUT2D eigenvalue weighted by Gasteiger charge is 2.03. The highest BCUT2D eigenvalue weighted by molar-refractivity contribution is 14.1. The number of hydrogen-bond donors (Lipinski definition) is 0. The number of benzene rings is 1. The minimum atomic E-state index is 0.870. The van der Waals surface area contributed by atoms with Crippen molar-refractivity contribution in [3.8, 4) is 0 Å². The summed E-state index contributed by atoms with van der Waals surface area (Å²) in [5, 5.41) is 2.13. The Balaban J connectivity index is 2.88. The van der Waals surface area contributed by atoms with Crippen LogP contribution in [0.3, 0.4) is 0 Å². The fraction of sp³-hybridized carbons (Fsp3) is 0.111. The molecular formula is C9H6ClIS. The van der Waals surface area contributed by atoms with Gasteiger partial charge in [0.1, 0.15) is 0 Å². The van der Waals surface area contributed by atoms with Crippen molar-refractivity contribution >= 4 is 55.6 Å². The fourth-order valence-electron chi connectivity index (χ4n) is 1.20. The van der Waals surface area contributed by atoms with Gasteiger partial charge >= 0.3 is 0 Å². The predicted octanol–water partition coefficient (Wildman–Crippen LogP) is 4.47. The molecule has 0 unspecified atom stereocenters. The van der Waals surface area contributed by atoms with Crippen molar-refractivity contribution in [1.82, 2.24) is 0 Å². The molecule has 1 aromatic carbocycles. The Labute approximate surface area is 93.7 Å². The number of halogens is 2. The first-order valence-electron chi connectivity index (χ1n) is 3.52. The summed E-state index contributed by atoms with van der Waals surface area (Å²) in [7, 11) is 0. The second-order valence-electron chi connectivity index (χ2n) is 2.66. The third-order valence-corrected chi connectivity index (χ3v) is 3.79. The summed E-state index contributed by atoms with van der Waals surface area (Å²) in [4.78, 5) is 1.31. The normalized spacial score (nSPS) is 10.9. The van der Waals surface area contributed by atoms with E-state index in [4.69, 9.17) is 11.6 Å². The van der Waals surface area contributed by atoms with Crippen LogP contribution in [0.5, 0.6) is 0 Å². The molecule has 0 amide bonds. The second kappa shape index (κ2) is 3.16. The summed E-state index contributed by atoms with van der Waals surface area (Å²) in [6, 6.07) is 6.33. The van der Waals surface area contributed by atoms with Gasteiger partial charge in [0.05, 0.1) is 9.72 Å². The number of hydrogen-bond acceptors (Lipinski definition) is 1. The molecule has 62 valence electrons. The Morgan fingerprint density at radius 3 is 2.83 bits per heavy atom. The van der Waals surface area contributed by atoms with Crippen molar-refractivity contribution in [2.75, 3.05) is 0 Å². The van der Waals surface area contributed by atoms with E-state index in [1.807, 2.05) is 6.07 Å². The zero-order chi connectivity index (χ0) is 8.72. The molecule has 2 rings (SSSR count). The van der Waals surface area contributed by atoms with E-state index in [-0.39, 0.29) is 0 Å². The highest BCUT2D eigenvalue weighted by Crippen LogP contribution is 2.32.